The molecule has 6 heteroatoms. The number of hydrogen-bond acceptors (Lipinski definition) is 4. The van der Waals surface area contributed by atoms with Crippen LogP contribution >= 0.6 is 0 Å². The van der Waals surface area contributed by atoms with Gasteiger partial charge in [-0.1, -0.05) is 56.0 Å². The number of amides is 1. The number of aromatic nitrogens is 1. The smallest absolute Gasteiger partial charge is 0.343 e. The molecule has 1 unspecified atom stereocenters. The Kier molecular flexibility index (Phi) is 6.80. The van der Waals surface area contributed by atoms with E-state index in [2.05, 4.69) is 34.9 Å². The van der Waals surface area contributed by atoms with Gasteiger partial charge in [0.05, 0.1) is 18.5 Å². The first kappa shape index (κ1) is 23.5. The summed E-state index contributed by atoms with van der Waals surface area (Å²) in [5.41, 5.74) is 11.5. The van der Waals surface area contributed by atoms with Crippen molar-refractivity contribution in [3.8, 4) is 5.75 Å². The lowest BCUT2D eigenvalue weighted by molar-refractivity contribution is -0.142. The molecule has 3 aromatic rings. The van der Waals surface area contributed by atoms with Gasteiger partial charge in [0.1, 0.15) is 5.75 Å². The van der Waals surface area contributed by atoms with Crippen LogP contribution in [0.25, 0.3) is 10.9 Å². The second-order valence-electron chi connectivity index (χ2n) is 9.89. The summed E-state index contributed by atoms with van der Waals surface area (Å²) in [6.07, 6.45) is 9.44. The Morgan fingerprint density at radius 1 is 1.00 bits per heavy atom. The van der Waals surface area contributed by atoms with Crippen molar-refractivity contribution in [1.29, 1.82) is 0 Å². The Morgan fingerprint density at radius 2 is 1.74 bits per heavy atom. The van der Waals surface area contributed by atoms with Gasteiger partial charge in [-0.25, -0.2) is 4.79 Å². The van der Waals surface area contributed by atoms with Gasteiger partial charge in [-0.3, -0.25) is 4.79 Å². The van der Waals surface area contributed by atoms with Gasteiger partial charge < -0.3 is 19.8 Å². The topological polar surface area (TPSA) is 83.6 Å². The predicted molar refractivity (Wildman–Crippen MR) is 136 cm³/mol. The van der Waals surface area contributed by atoms with Crippen molar-refractivity contribution in [1.82, 2.24) is 4.57 Å². The van der Waals surface area contributed by atoms with Crippen LogP contribution in [0.2, 0.25) is 0 Å². The van der Waals surface area contributed by atoms with E-state index in [0.717, 1.165) is 28.6 Å². The molecule has 6 nitrogen and oxygen atoms in total. The van der Waals surface area contributed by atoms with Crippen molar-refractivity contribution in [3.63, 3.8) is 0 Å². The molecule has 0 bridgehead atoms. The van der Waals surface area contributed by atoms with E-state index in [9.17, 15) is 9.59 Å². The lowest BCUT2D eigenvalue weighted by Gasteiger charge is -2.16. The molecule has 1 atom stereocenters. The van der Waals surface area contributed by atoms with Gasteiger partial charge in [0.25, 0.3) is 0 Å². The van der Waals surface area contributed by atoms with Gasteiger partial charge in [-0.05, 0) is 60.4 Å². The number of nitrogens with two attached hydrogens (primary N) is 1. The predicted octanol–water partition coefficient (Wildman–Crippen LogP) is 5.19. The highest BCUT2D eigenvalue weighted by Gasteiger charge is 2.34. The summed E-state index contributed by atoms with van der Waals surface area (Å²) in [7, 11) is 1.34. The van der Waals surface area contributed by atoms with Crippen molar-refractivity contribution in [2.45, 2.75) is 69.7 Å². The molecule has 1 saturated carbocycles. The van der Waals surface area contributed by atoms with E-state index < -0.39 is 5.97 Å². The Balaban J connectivity index is 1.49. The Morgan fingerprint density at radius 3 is 2.43 bits per heavy atom. The minimum Gasteiger partial charge on any atom is -0.481 e. The second kappa shape index (κ2) is 10.1. The minimum absolute atomic E-state index is 0.181. The number of methoxy groups -OCH3 is 1. The average Bonchev–Trinajstić information content (AvgIpc) is 3.30. The summed E-state index contributed by atoms with van der Waals surface area (Å²) in [5, 5.41) is 0.878. The van der Waals surface area contributed by atoms with Crippen LogP contribution in [0.3, 0.4) is 0 Å². The van der Waals surface area contributed by atoms with Crippen molar-refractivity contribution >= 4 is 22.8 Å². The van der Waals surface area contributed by atoms with E-state index in [4.69, 9.17) is 15.2 Å². The number of benzene rings is 2. The Hall–Kier alpha value is -3.28. The fourth-order valence-electron chi connectivity index (χ4n) is 5.99. The lowest BCUT2D eigenvalue weighted by Crippen LogP contribution is -2.19. The molecule has 5 rings (SSSR count). The highest BCUT2D eigenvalue weighted by Crippen LogP contribution is 2.44. The fourth-order valence-corrected chi connectivity index (χ4v) is 5.99. The number of carbonyl (C=O) groups excluding carboxylic acids is 2. The van der Waals surface area contributed by atoms with Crippen LogP contribution in [0.1, 0.15) is 79.2 Å². The molecule has 0 aliphatic heterocycles. The summed E-state index contributed by atoms with van der Waals surface area (Å²) in [6, 6.07) is 14.9. The SMILES string of the molecule is COC(=O)COc1cccc2c1c1c(n2Cc2ccc(C3CCCCCC3)cc2)CCC1C(N)=O. The number of carbonyl (C=O) groups is 2. The Bertz CT molecular complexity index is 1220. The first-order valence-corrected chi connectivity index (χ1v) is 12.8. The molecular formula is C29H34N2O4. The molecule has 35 heavy (non-hydrogen) atoms. The van der Waals surface area contributed by atoms with E-state index in [1.165, 1.54) is 56.8 Å². The number of nitrogens with zero attached hydrogens (tertiary/aromatic N) is 1. The number of esters is 1. The van der Waals surface area contributed by atoms with Crippen LogP contribution in [0.15, 0.2) is 42.5 Å². The zero-order chi connectivity index (χ0) is 24.4. The molecule has 0 saturated heterocycles. The monoisotopic (exact) mass is 474 g/mol. The largest absolute Gasteiger partial charge is 0.481 e. The number of rotatable bonds is 7. The standard InChI is InChI=1S/C29H34N2O4/c1-34-26(32)18-35-25-10-6-9-23-28(25)27-22(29(30)33)15-16-24(27)31(23)17-19-11-13-21(14-12-19)20-7-4-2-3-5-8-20/h6,9-14,20,22H,2-5,7-8,15-18H2,1H3,(H2,30,33). The number of hydrogen-bond donors (Lipinski definition) is 1. The summed E-state index contributed by atoms with van der Waals surface area (Å²) in [6.45, 7) is 0.530. The fraction of sp³-hybridized carbons (Fsp3) is 0.448. The second-order valence-corrected chi connectivity index (χ2v) is 9.89. The molecule has 2 aromatic carbocycles. The molecule has 2 aliphatic carbocycles. The summed E-state index contributed by atoms with van der Waals surface area (Å²) in [4.78, 5) is 24.0. The number of primary amides is 1. The molecular weight excluding hydrogens is 440 g/mol. The highest BCUT2D eigenvalue weighted by atomic mass is 16.6. The third kappa shape index (κ3) is 4.66. The third-order valence-corrected chi connectivity index (χ3v) is 7.78. The van der Waals surface area contributed by atoms with Crippen LogP contribution in [-0.2, 0) is 27.3 Å². The maximum atomic E-state index is 12.3. The van der Waals surface area contributed by atoms with Gasteiger partial charge in [0, 0.05) is 17.6 Å². The van der Waals surface area contributed by atoms with Crippen molar-refractivity contribution in [2.75, 3.05) is 13.7 Å². The molecule has 0 radical (unpaired) electrons. The first-order valence-electron chi connectivity index (χ1n) is 12.8. The zero-order valence-corrected chi connectivity index (χ0v) is 20.4. The summed E-state index contributed by atoms with van der Waals surface area (Å²) < 4.78 is 12.9. The first-order chi connectivity index (χ1) is 17.1. The third-order valence-electron chi connectivity index (χ3n) is 7.78. The minimum atomic E-state index is -0.446. The van der Waals surface area contributed by atoms with Gasteiger partial charge in [-0.2, -0.15) is 0 Å². The van der Waals surface area contributed by atoms with Gasteiger partial charge in [0.15, 0.2) is 6.61 Å². The molecule has 1 fully saturated rings. The van der Waals surface area contributed by atoms with E-state index in [1.54, 1.807) is 0 Å². The van der Waals surface area contributed by atoms with E-state index in [-0.39, 0.29) is 18.4 Å². The van der Waals surface area contributed by atoms with Gasteiger partial charge in [0.2, 0.25) is 5.91 Å². The number of fused-ring (bicyclic) bond motifs is 3. The molecule has 184 valence electrons. The Labute approximate surface area is 206 Å². The molecule has 2 N–H and O–H groups in total. The lowest BCUT2D eigenvalue weighted by atomic mass is 9.91. The zero-order valence-electron chi connectivity index (χ0n) is 20.4. The molecule has 1 aromatic heterocycles. The summed E-state index contributed by atoms with van der Waals surface area (Å²) >= 11 is 0. The van der Waals surface area contributed by atoms with Gasteiger partial charge >= 0.3 is 5.97 Å². The number of ether oxygens (including phenoxy) is 2. The normalized spacial score (nSPS) is 18.3. The van der Waals surface area contributed by atoms with E-state index >= 15 is 0 Å². The maximum Gasteiger partial charge on any atom is 0.343 e. The summed E-state index contributed by atoms with van der Waals surface area (Å²) in [5.74, 6) is 0.139. The molecule has 1 amide bonds. The van der Waals surface area contributed by atoms with Crippen LogP contribution < -0.4 is 10.5 Å². The van der Waals surface area contributed by atoms with Crippen LogP contribution in [0.5, 0.6) is 5.75 Å². The van der Waals surface area contributed by atoms with Crippen LogP contribution in [-0.4, -0.2) is 30.2 Å². The van der Waals surface area contributed by atoms with E-state index in [0.29, 0.717) is 24.6 Å². The average molecular weight is 475 g/mol. The maximum absolute atomic E-state index is 12.3. The van der Waals surface area contributed by atoms with Crippen LogP contribution in [0.4, 0.5) is 0 Å². The van der Waals surface area contributed by atoms with E-state index in [1.807, 2.05) is 12.1 Å². The molecule has 2 aliphatic rings. The van der Waals surface area contributed by atoms with Crippen molar-refractivity contribution in [2.24, 2.45) is 5.73 Å². The van der Waals surface area contributed by atoms with Crippen molar-refractivity contribution in [3.05, 3.63) is 64.8 Å². The quantitative estimate of drug-likeness (QED) is 0.377. The molecule has 1 heterocycles. The molecule has 0 spiro atoms. The van der Waals surface area contributed by atoms with Crippen molar-refractivity contribution < 1.29 is 19.1 Å². The van der Waals surface area contributed by atoms with Gasteiger partial charge in [-0.15, -0.1) is 0 Å². The van der Waals surface area contributed by atoms with Crippen LogP contribution in [0, 0.1) is 0 Å². The highest BCUT2D eigenvalue weighted by molar-refractivity contribution is 5.97.